The van der Waals surface area contributed by atoms with Crippen molar-refractivity contribution in [2.45, 2.75) is 5.25 Å². The second kappa shape index (κ2) is 5.53. The first-order valence-electron chi connectivity index (χ1n) is 6.79. The van der Waals surface area contributed by atoms with Crippen LogP contribution in [0.2, 0.25) is 0 Å². The Labute approximate surface area is 140 Å². The zero-order valence-electron chi connectivity index (χ0n) is 11.2. The maximum Gasteiger partial charge on any atom is 0.161 e. The van der Waals surface area contributed by atoms with Gasteiger partial charge >= 0.3 is 0 Å². The van der Waals surface area contributed by atoms with E-state index in [1.54, 1.807) is 0 Å². The van der Waals surface area contributed by atoms with Gasteiger partial charge < -0.3 is 9.73 Å². The molecule has 0 aliphatic carbocycles. The summed E-state index contributed by atoms with van der Waals surface area (Å²) in [6, 6.07) is 14.3. The van der Waals surface area contributed by atoms with Gasteiger partial charge in [0.05, 0.1) is 6.54 Å². The number of hydrogen-bond acceptors (Lipinski definition) is 4. The van der Waals surface area contributed by atoms with Crippen LogP contribution >= 0.6 is 34.4 Å². The molecule has 21 heavy (non-hydrogen) atoms. The molecule has 4 rings (SSSR count). The lowest BCUT2D eigenvalue weighted by molar-refractivity contribution is 0.669. The highest BCUT2D eigenvalue weighted by molar-refractivity contribution is 14.1. The molecule has 1 atom stereocenters. The zero-order valence-corrected chi connectivity index (χ0v) is 14.1. The van der Waals surface area contributed by atoms with Crippen molar-refractivity contribution in [2.75, 3.05) is 16.3 Å². The van der Waals surface area contributed by atoms with E-state index in [2.05, 4.69) is 45.0 Å². The molecule has 0 amide bonds. The van der Waals surface area contributed by atoms with Crippen LogP contribution in [0.3, 0.4) is 0 Å². The quantitative estimate of drug-likeness (QED) is 0.484. The molecule has 0 saturated heterocycles. The molecule has 1 N–H and O–H groups in total. The van der Waals surface area contributed by atoms with Crippen LogP contribution in [0.15, 0.2) is 51.9 Å². The number of anilines is 1. The average Bonchev–Trinajstić information content (AvgIpc) is 3.11. The van der Waals surface area contributed by atoms with Gasteiger partial charge in [0.1, 0.15) is 11.2 Å². The Morgan fingerprint density at radius 1 is 1.19 bits per heavy atom. The molecule has 0 bridgehead atoms. The smallest absolute Gasteiger partial charge is 0.161 e. The molecule has 0 radical (unpaired) electrons. The minimum atomic E-state index is 0.603. The van der Waals surface area contributed by atoms with Crippen molar-refractivity contribution in [3.05, 3.63) is 42.5 Å². The van der Waals surface area contributed by atoms with Crippen LogP contribution in [-0.4, -0.2) is 21.4 Å². The summed E-state index contributed by atoms with van der Waals surface area (Å²) in [7, 11) is 0. The van der Waals surface area contributed by atoms with E-state index in [1.807, 2.05) is 42.1 Å². The fourth-order valence-electron chi connectivity index (χ4n) is 2.49. The van der Waals surface area contributed by atoms with E-state index in [0.29, 0.717) is 5.25 Å². The number of halogens is 1. The van der Waals surface area contributed by atoms with Gasteiger partial charge in [-0.2, -0.15) is 0 Å². The first kappa shape index (κ1) is 13.5. The van der Waals surface area contributed by atoms with Crippen LogP contribution in [0, 0.1) is 0 Å². The molecule has 3 aromatic rings. The van der Waals surface area contributed by atoms with Crippen molar-refractivity contribution in [3.63, 3.8) is 0 Å². The Morgan fingerprint density at radius 2 is 2.05 bits per heavy atom. The van der Waals surface area contributed by atoms with Gasteiger partial charge in [0.25, 0.3) is 0 Å². The van der Waals surface area contributed by atoms with Crippen LogP contribution in [0.4, 0.5) is 5.69 Å². The summed E-state index contributed by atoms with van der Waals surface area (Å²) in [5.74, 6) is 0. The van der Waals surface area contributed by atoms with Crippen LogP contribution in [0.5, 0.6) is 0 Å². The molecule has 1 aromatic heterocycles. The minimum Gasteiger partial charge on any atom is -0.456 e. The number of aliphatic imine (C=N–C) groups is 1. The third kappa shape index (κ3) is 2.53. The Balaban J connectivity index is 1.69. The number of furan rings is 1. The van der Waals surface area contributed by atoms with Gasteiger partial charge in [-0.1, -0.05) is 52.6 Å². The predicted octanol–water partition coefficient (Wildman–Crippen LogP) is 4.90. The van der Waals surface area contributed by atoms with Crippen LogP contribution in [-0.2, 0) is 0 Å². The number of nitrogens with zero attached hydrogens (tertiary/aromatic N) is 1. The summed E-state index contributed by atoms with van der Waals surface area (Å²) in [6.07, 6.45) is 0. The summed E-state index contributed by atoms with van der Waals surface area (Å²) >= 11 is 4.24. The lowest BCUT2D eigenvalue weighted by Gasteiger charge is -2.06. The summed E-state index contributed by atoms with van der Waals surface area (Å²) < 4.78 is 6.98. The monoisotopic (exact) mass is 408 g/mol. The number of thioether (sulfide) groups is 1. The van der Waals surface area contributed by atoms with Crippen molar-refractivity contribution in [1.82, 2.24) is 0 Å². The van der Waals surface area contributed by atoms with Crippen molar-refractivity contribution in [2.24, 2.45) is 4.99 Å². The number of alkyl halides is 1. The third-order valence-electron chi connectivity index (χ3n) is 3.52. The molecule has 0 saturated carbocycles. The topological polar surface area (TPSA) is 37.5 Å². The molecule has 0 fully saturated rings. The second-order valence-corrected chi connectivity index (χ2v) is 7.14. The van der Waals surface area contributed by atoms with E-state index >= 15 is 0 Å². The fourth-order valence-corrected chi connectivity index (χ4v) is 4.17. The van der Waals surface area contributed by atoms with Crippen molar-refractivity contribution >= 4 is 67.1 Å². The van der Waals surface area contributed by atoms with E-state index in [-0.39, 0.29) is 0 Å². The van der Waals surface area contributed by atoms with Gasteiger partial charge in [0.2, 0.25) is 0 Å². The van der Waals surface area contributed by atoms with Gasteiger partial charge in [-0.15, -0.1) is 0 Å². The van der Waals surface area contributed by atoms with Gasteiger partial charge in [-0.3, -0.25) is 4.99 Å². The SMILES string of the molecule is IC[C@H]1CN=C(Nc2ccc3oc4ccccc4c3c2)S1. The van der Waals surface area contributed by atoms with Crippen molar-refractivity contribution in [3.8, 4) is 0 Å². The van der Waals surface area contributed by atoms with Crippen LogP contribution < -0.4 is 5.32 Å². The molecular weight excluding hydrogens is 395 g/mol. The maximum absolute atomic E-state index is 5.85. The number of benzene rings is 2. The van der Waals surface area contributed by atoms with Crippen molar-refractivity contribution < 1.29 is 4.42 Å². The van der Waals surface area contributed by atoms with E-state index in [9.17, 15) is 0 Å². The highest BCUT2D eigenvalue weighted by Gasteiger charge is 2.18. The summed E-state index contributed by atoms with van der Waals surface area (Å²) in [5.41, 5.74) is 2.92. The normalized spacial score (nSPS) is 18.3. The molecule has 0 unspecified atom stereocenters. The summed E-state index contributed by atoms with van der Waals surface area (Å²) in [4.78, 5) is 4.55. The predicted molar refractivity (Wildman–Crippen MR) is 99.9 cm³/mol. The van der Waals surface area contributed by atoms with E-state index in [4.69, 9.17) is 4.42 Å². The number of nitrogens with one attached hydrogen (secondary N) is 1. The van der Waals surface area contributed by atoms with Gasteiger partial charge in [-0.05, 0) is 24.3 Å². The molecule has 2 aromatic carbocycles. The minimum absolute atomic E-state index is 0.603. The van der Waals surface area contributed by atoms with Crippen molar-refractivity contribution in [1.29, 1.82) is 0 Å². The van der Waals surface area contributed by atoms with Gasteiger partial charge in [-0.25, -0.2) is 0 Å². The highest BCUT2D eigenvalue weighted by Crippen LogP contribution is 2.31. The van der Waals surface area contributed by atoms with E-state index in [0.717, 1.165) is 43.8 Å². The average molecular weight is 408 g/mol. The zero-order chi connectivity index (χ0) is 14.2. The number of rotatable bonds is 2. The standard InChI is InChI=1S/C16H13IN2OS/c17-8-11-9-18-16(21-11)19-10-5-6-15-13(7-10)12-3-1-2-4-14(12)20-15/h1-7,11H,8-9H2,(H,18,19)/t11-/m0/s1. The molecule has 1 aliphatic rings. The number of para-hydroxylation sites is 1. The molecule has 0 spiro atoms. The largest absolute Gasteiger partial charge is 0.456 e. The third-order valence-corrected chi connectivity index (χ3v) is 6.28. The molecule has 1 aliphatic heterocycles. The van der Waals surface area contributed by atoms with Gasteiger partial charge in [0.15, 0.2) is 5.17 Å². The fraction of sp³-hybridized carbons (Fsp3) is 0.188. The first-order chi connectivity index (χ1) is 10.3. The van der Waals surface area contributed by atoms with Crippen LogP contribution in [0.1, 0.15) is 0 Å². The molecule has 2 heterocycles. The lowest BCUT2D eigenvalue weighted by atomic mass is 10.1. The number of hydrogen-bond donors (Lipinski definition) is 1. The Morgan fingerprint density at radius 3 is 2.90 bits per heavy atom. The highest BCUT2D eigenvalue weighted by atomic mass is 127. The number of amidine groups is 1. The first-order valence-corrected chi connectivity index (χ1v) is 9.19. The molecule has 106 valence electrons. The Kier molecular flexibility index (Phi) is 3.54. The molecule has 3 nitrogen and oxygen atoms in total. The number of fused-ring (bicyclic) bond motifs is 3. The van der Waals surface area contributed by atoms with Gasteiger partial charge in [0, 0.05) is 26.1 Å². The maximum atomic E-state index is 5.85. The lowest BCUT2D eigenvalue weighted by Crippen LogP contribution is -2.08. The molecular formula is C16H13IN2OS. The van der Waals surface area contributed by atoms with E-state index in [1.165, 1.54) is 0 Å². The van der Waals surface area contributed by atoms with E-state index < -0.39 is 0 Å². The summed E-state index contributed by atoms with van der Waals surface area (Å²) in [6.45, 7) is 0.910. The van der Waals surface area contributed by atoms with Crippen LogP contribution in [0.25, 0.3) is 21.9 Å². The Bertz CT molecular complexity index is 843. The Hall–Kier alpha value is -1.21. The second-order valence-electron chi connectivity index (χ2n) is 4.97. The molecule has 5 heteroatoms. The summed E-state index contributed by atoms with van der Waals surface area (Å²) in [5, 5.41) is 7.34.